The van der Waals surface area contributed by atoms with Crippen LogP contribution >= 0.6 is 0 Å². The van der Waals surface area contributed by atoms with Gasteiger partial charge in [0.2, 0.25) is 0 Å². The molecule has 0 atom stereocenters. The number of hydrogen-bond donors (Lipinski definition) is 0. The van der Waals surface area contributed by atoms with E-state index in [0.717, 1.165) is 6.42 Å². The van der Waals surface area contributed by atoms with Crippen LogP contribution in [0.15, 0.2) is 109 Å². The Morgan fingerprint density at radius 2 is 0.703 bits per heavy atom. The van der Waals surface area contributed by atoms with Gasteiger partial charge in [-0.05, 0) is 80.3 Å². The van der Waals surface area contributed by atoms with Gasteiger partial charge >= 0.3 is 0 Å². The van der Waals surface area contributed by atoms with Crippen LogP contribution in [0.25, 0.3) is 36.5 Å². The summed E-state index contributed by atoms with van der Waals surface area (Å²) in [6.07, 6.45) is 29.4. The third kappa shape index (κ3) is 11.1. The molecule has 0 aliphatic heterocycles. The Morgan fingerprint density at radius 1 is 0.378 bits per heavy atom. The van der Waals surface area contributed by atoms with Gasteiger partial charge in [-0.25, -0.2) is 0 Å². The van der Waals surface area contributed by atoms with Gasteiger partial charge in [-0.1, -0.05) is 146 Å². The van der Waals surface area contributed by atoms with Crippen molar-refractivity contribution in [1.29, 1.82) is 0 Å². The van der Waals surface area contributed by atoms with Crippen LogP contribution < -0.4 is 0 Å². The first kappa shape index (κ1) is 29.3. The monoisotopic (exact) mass is 486 g/mol. The zero-order chi connectivity index (χ0) is 26.6. The van der Waals surface area contributed by atoms with E-state index in [9.17, 15) is 0 Å². The number of unbranched alkanes of at least 4 members (excludes halogenated alkanes) is 2. The summed E-state index contributed by atoms with van der Waals surface area (Å²) in [6, 6.07) is 25.3. The summed E-state index contributed by atoms with van der Waals surface area (Å²) in [4.78, 5) is 0. The maximum atomic E-state index is 2.27. The van der Waals surface area contributed by atoms with Crippen molar-refractivity contribution < 1.29 is 0 Å². The average molecular weight is 487 g/mol. The highest BCUT2D eigenvalue weighted by molar-refractivity contribution is 5.78. The summed E-state index contributed by atoms with van der Waals surface area (Å²) in [6.45, 7) is 8.21. The molecule has 0 unspecified atom stereocenters. The van der Waals surface area contributed by atoms with Crippen molar-refractivity contribution in [3.63, 3.8) is 0 Å². The minimum atomic E-state index is 1.15. The van der Waals surface area contributed by atoms with Crippen molar-refractivity contribution >= 4 is 36.5 Å². The molecule has 0 aromatic heterocycles. The molecule has 0 N–H and O–H groups in total. The molecule has 0 aliphatic rings. The predicted molar refractivity (Wildman–Crippen MR) is 170 cm³/mol. The summed E-state index contributed by atoms with van der Waals surface area (Å²) in [5, 5.41) is 0. The fraction of sp³-hybridized carbons (Fsp3) is 0.189. The van der Waals surface area contributed by atoms with Crippen LogP contribution in [-0.2, 0) is 0 Å². The second kappa shape index (κ2) is 18.4. The van der Waals surface area contributed by atoms with E-state index in [2.05, 4.69) is 160 Å². The highest BCUT2D eigenvalue weighted by Gasteiger charge is 1.97. The van der Waals surface area contributed by atoms with Gasteiger partial charge in [-0.2, -0.15) is 0 Å². The lowest BCUT2D eigenvalue weighted by Gasteiger charge is -2.02. The Kier molecular flexibility index (Phi) is 14.6. The fourth-order valence-corrected chi connectivity index (χ4v) is 3.89. The first-order valence-corrected chi connectivity index (χ1v) is 13.3. The third-order valence-electron chi connectivity index (χ3n) is 5.74. The summed E-state index contributed by atoms with van der Waals surface area (Å²) < 4.78 is 0. The predicted octanol–water partition coefficient (Wildman–Crippen LogP) is 11.4. The normalized spacial score (nSPS) is 12.0. The van der Waals surface area contributed by atoms with Crippen LogP contribution in [0, 0.1) is 0 Å². The van der Waals surface area contributed by atoms with Gasteiger partial charge in [0.05, 0.1) is 0 Å². The van der Waals surface area contributed by atoms with Crippen molar-refractivity contribution in [1.82, 2.24) is 0 Å². The van der Waals surface area contributed by atoms with Crippen LogP contribution in [0.4, 0.5) is 0 Å². The standard InChI is InChI=1S/C20H20.C17H22/c1-3-9-17-11-5-7-13-19(17)15-16-20-14-8-6-12-18(20)10-4-2;1-3-5-6-7-8-9-13-17-15-11-10-14-16(17)12-4-2/h3-16H,1-2H3;3-5,9-15H,6-8H2,1-2H3/b9-3+,10-4+,16-15+;5-3-,12-4+,13-9-. The number of benzene rings is 3. The largest absolute Gasteiger partial charge is 0.0917 e. The molecule has 37 heavy (non-hydrogen) atoms. The first-order chi connectivity index (χ1) is 18.2. The molecule has 0 bridgehead atoms. The van der Waals surface area contributed by atoms with Crippen LogP contribution in [0.5, 0.6) is 0 Å². The Labute approximate surface area is 225 Å². The van der Waals surface area contributed by atoms with Crippen molar-refractivity contribution in [3.8, 4) is 0 Å². The van der Waals surface area contributed by atoms with Crippen molar-refractivity contribution in [3.05, 3.63) is 143 Å². The Bertz CT molecular complexity index is 1170. The third-order valence-corrected chi connectivity index (χ3v) is 5.74. The first-order valence-electron chi connectivity index (χ1n) is 13.3. The molecule has 3 aromatic rings. The minimum absolute atomic E-state index is 1.15. The molecule has 0 heterocycles. The lowest BCUT2D eigenvalue weighted by atomic mass is 10.0. The molecule has 0 nitrogen and oxygen atoms in total. The zero-order valence-corrected chi connectivity index (χ0v) is 23.0. The molecule has 0 heteroatoms. The fourth-order valence-electron chi connectivity index (χ4n) is 3.89. The highest BCUT2D eigenvalue weighted by atomic mass is 14.0. The summed E-state index contributed by atoms with van der Waals surface area (Å²) >= 11 is 0. The van der Waals surface area contributed by atoms with Gasteiger partial charge in [0.15, 0.2) is 0 Å². The average Bonchev–Trinajstić information content (AvgIpc) is 2.93. The molecule has 0 aliphatic carbocycles. The minimum Gasteiger partial charge on any atom is -0.0917 e. The molecule has 0 spiro atoms. The Balaban J connectivity index is 0.000000264. The highest BCUT2D eigenvalue weighted by Crippen LogP contribution is 2.18. The molecular formula is C37H42. The molecule has 3 aromatic carbocycles. The van der Waals surface area contributed by atoms with E-state index in [0.29, 0.717) is 0 Å². The number of hydrogen-bond acceptors (Lipinski definition) is 0. The van der Waals surface area contributed by atoms with E-state index in [1.54, 1.807) is 0 Å². The van der Waals surface area contributed by atoms with E-state index in [-0.39, 0.29) is 0 Å². The van der Waals surface area contributed by atoms with Gasteiger partial charge in [0.25, 0.3) is 0 Å². The van der Waals surface area contributed by atoms with Crippen molar-refractivity contribution in [2.24, 2.45) is 0 Å². The van der Waals surface area contributed by atoms with Crippen molar-refractivity contribution in [2.45, 2.75) is 47.0 Å². The van der Waals surface area contributed by atoms with E-state index in [4.69, 9.17) is 0 Å². The second-order valence-corrected chi connectivity index (χ2v) is 8.62. The van der Waals surface area contributed by atoms with Crippen LogP contribution in [0.2, 0.25) is 0 Å². The number of rotatable bonds is 10. The molecule has 0 radical (unpaired) electrons. The SMILES string of the molecule is C/C=C/c1ccccc1/C=C/c1ccccc1/C=C/C.C/C=C\CCC/C=C\c1ccccc1/C=C/C. The molecule has 0 saturated heterocycles. The van der Waals surface area contributed by atoms with Crippen LogP contribution in [0.1, 0.15) is 80.3 Å². The summed E-state index contributed by atoms with van der Waals surface area (Å²) in [7, 11) is 0. The Morgan fingerprint density at radius 3 is 1.05 bits per heavy atom. The van der Waals surface area contributed by atoms with Gasteiger partial charge in [0, 0.05) is 0 Å². The van der Waals surface area contributed by atoms with Crippen LogP contribution in [0.3, 0.4) is 0 Å². The lowest BCUT2D eigenvalue weighted by molar-refractivity contribution is 0.869. The molecule has 0 fully saturated rings. The maximum Gasteiger partial charge on any atom is -0.0184 e. The zero-order valence-electron chi connectivity index (χ0n) is 23.0. The summed E-state index contributed by atoms with van der Waals surface area (Å²) in [5.74, 6) is 0. The van der Waals surface area contributed by atoms with E-state index < -0.39 is 0 Å². The Hall–Kier alpha value is -3.90. The van der Waals surface area contributed by atoms with E-state index >= 15 is 0 Å². The molecular weight excluding hydrogens is 444 g/mol. The molecule has 0 amide bonds. The molecule has 3 rings (SSSR count). The quantitative estimate of drug-likeness (QED) is 0.152. The van der Waals surface area contributed by atoms with E-state index in [1.165, 1.54) is 46.2 Å². The van der Waals surface area contributed by atoms with Gasteiger partial charge in [-0.3, -0.25) is 0 Å². The van der Waals surface area contributed by atoms with Gasteiger partial charge in [-0.15, -0.1) is 0 Å². The van der Waals surface area contributed by atoms with Crippen LogP contribution in [-0.4, -0.2) is 0 Å². The summed E-state index contributed by atoms with van der Waals surface area (Å²) in [5.41, 5.74) is 7.56. The number of allylic oxidation sites excluding steroid dienone is 6. The maximum absolute atomic E-state index is 2.27. The molecule has 0 saturated carbocycles. The van der Waals surface area contributed by atoms with Gasteiger partial charge < -0.3 is 0 Å². The second-order valence-electron chi connectivity index (χ2n) is 8.62. The van der Waals surface area contributed by atoms with Gasteiger partial charge in [0.1, 0.15) is 0 Å². The smallest absolute Gasteiger partial charge is 0.0184 e. The van der Waals surface area contributed by atoms with Crippen molar-refractivity contribution in [2.75, 3.05) is 0 Å². The molecule has 190 valence electrons. The van der Waals surface area contributed by atoms with E-state index in [1.807, 2.05) is 13.8 Å². The topological polar surface area (TPSA) is 0 Å². The lowest BCUT2D eigenvalue weighted by Crippen LogP contribution is -1.81.